The minimum Gasteiger partial charge on any atom is -0.379 e. The first kappa shape index (κ1) is 12.9. The summed E-state index contributed by atoms with van der Waals surface area (Å²) in [5.74, 6) is 0. The summed E-state index contributed by atoms with van der Waals surface area (Å²) in [5, 5.41) is 3.51. The predicted molar refractivity (Wildman–Crippen MR) is 62.1 cm³/mol. The Morgan fingerprint density at radius 2 is 1.93 bits per heavy atom. The average molecular weight is 215 g/mol. The molecule has 1 N–H and O–H groups in total. The monoisotopic (exact) mass is 215 g/mol. The molecule has 1 saturated carbocycles. The highest BCUT2D eigenvalue weighted by Crippen LogP contribution is 2.23. The molecular weight excluding hydrogens is 190 g/mol. The van der Waals surface area contributed by atoms with Crippen LogP contribution in [0.3, 0.4) is 0 Å². The second-order valence-corrected chi connectivity index (χ2v) is 4.59. The molecule has 1 aliphatic carbocycles. The van der Waals surface area contributed by atoms with Crippen LogP contribution in [-0.2, 0) is 9.47 Å². The molecule has 0 spiro atoms. The highest BCUT2D eigenvalue weighted by Gasteiger charge is 2.29. The molecule has 0 aromatic carbocycles. The molecule has 3 nitrogen and oxygen atoms in total. The van der Waals surface area contributed by atoms with E-state index >= 15 is 0 Å². The lowest BCUT2D eigenvalue weighted by atomic mass is 9.89. The maximum Gasteiger partial charge on any atom is 0.0704 e. The molecule has 1 fully saturated rings. The molecule has 90 valence electrons. The maximum absolute atomic E-state index is 5.67. The van der Waals surface area contributed by atoms with Crippen molar-refractivity contribution in [3.05, 3.63) is 0 Å². The van der Waals surface area contributed by atoms with Gasteiger partial charge >= 0.3 is 0 Å². The topological polar surface area (TPSA) is 30.5 Å². The number of hydrogen-bond acceptors (Lipinski definition) is 3. The first-order valence-electron chi connectivity index (χ1n) is 6.17. The maximum atomic E-state index is 5.67. The Morgan fingerprint density at radius 3 is 2.53 bits per heavy atom. The van der Waals surface area contributed by atoms with E-state index in [2.05, 4.69) is 26.1 Å². The van der Waals surface area contributed by atoms with E-state index in [1.165, 1.54) is 0 Å². The summed E-state index contributed by atoms with van der Waals surface area (Å²) in [5.41, 5.74) is 0. The molecule has 0 radical (unpaired) electrons. The number of ether oxygens (including phenoxy) is 2. The van der Waals surface area contributed by atoms with E-state index in [-0.39, 0.29) is 0 Å². The van der Waals surface area contributed by atoms with Crippen molar-refractivity contribution in [2.45, 2.75) is 58.2 Å². The molecule has 3 heteroatoms. The quantitative estimate of drug-likeness (QED) is 0.628. The fraction of sp³-hybridized carbons (Fsp3) is 1.00. The van der Waals surface area contributed by atoms with Gasteiger partial charge in [0.2, 0.25) is 0 Å². The van der Waals surface area contributed by atoms with E-state index in [1.807, 2.05) is 0 Å². The summed E-state index contributed by atoms with van der Waals surface area (Å²) in [6.07, 6.45) is 3.87. The SMILES string of the molecule is CCCOCCOC1CC(NC(C)C)C1. The fourth-order valence-electron chi connectivity index (χ4n) is 1.83. The fourth-order valence-corrected chi connectivity index (χ4v) is 1.83. The van der Waals surface area contributed by atoms with Crippen LogP contribution < -0.4 is 5.32 Å². The Balaban J connectivity index is 1.85. The molecule has 1 aliphatic rings. The minimum atomic E-state index is 0.464. The Morgan fingerprint density at radius 1 is 1.20 bits per heavy atom. The van der Waals surface area contributed by atoms with Crippen molar-refractivity contribution in [3.8, 4) is 0 Å². The largest absolute Gasteiger partial charge is 0.379 e. The van der Waals surface area contributed by atoms with E-state index in [4.69, 9.17) is 9.47 Å². The third kappa shape index (κ3) is 5.50. The number of hydrogen-bond donors (Lipinski definition) is 1. The molecule has 0 heterocycles. The van der Waals surface area contributed by atoms with Gasteiger partial charge in [-0.2, -0.15) is 0 Å². The van der Waals surface area contributed by atoms with Crippen LogP contribution in [-0.4, -0.2) is 38.0 Å². The van der Waals surface area contributed by atoms with Crippen LogP contribution in [0.5, 0.6) is 0 Å². The van der Waals surface area contributed by atoms with Crippen molar-refractivity contribution < 1.29 is 9.47 Å². The van der Waals surface area contributed by atoms with Crippen LogP contribution >= 0.6 is 0 Å². The lowest BCUT2D eigenvalue weighted by Crippen LogP contribution is -2.48. The normalized spacial score (nSPS) is 25.6. The van der Waals surface area contributed by atoms with Gasteiger partial charge in [-0.1, -0.05) is 20.8 Å². The second-order valence-electron chi connectivity index (χ2n) is 4.59. The van der Waals surface area contributed by atoms with Crippen molar-refractivity contribution in [2.24, 2.45) is 0 Å². The van der Waals surface area contributed by atoms with Crippen LogP contribution in [0, 0.1) is 0 Å². The summed E-state index contributed by atoms with van der Waals surface area (Å²) in [7, 11) is 0. The molecule has 15 heavy (non-hydrogen) atoms. The molecule has 0 bridgehead atoms. The third-order valence-electron chi connectivity index (χ3n) is 2.59. The molecule has 0 atom stereocenters. The summed E-state index contributed by atoms with van der Waals surface area (Å²) in [4.78, 5) is 0. The zero-order valence-electron chi connectivity index (χ0n) is 10.3. The molecule has 0 amide bonds. The standard InChI is InChI=1S/C12H25NO2/c1-4-5-14-6-7-15-12-8-11(9-12)13-10(2)3/h10-13H,4-9H2,1-3H3. The second kappa shape index (κ2) is 7.20. The molecule has 0 unspecified atom stereocenters. The van der Waals surface area contributed by atoms with Crippen LogP contribution in [0.4, 0.5) is 0 Å². The minimum absolute atomic E-state index is 0.464. The summed E-state index contributed by atoms with van der Waals surface area (Å²) >= 11 is 0. The molecule has 0 aromatic rings. The van der Waals surface area contributed by atoms with Crippen molar-refractivity contribution in [1.82, 2.24) is 5.32 Å². The average Bonchev–Trinajstić information content (AvgIpc) is 2.12. The van der Waals surface area contributed by atoms with E-state index in [9.17, 15) is 0 Å². The van der Waals surface area contributed by atoms with Crippen LogP contribution in [0.15, 0.2) is 0 Å². The lowest BCUT2D eigenvalue weighted by Gasteiger charge is -2.36. The van der Waals surface area contributed by atoms with E-state index in [1.54, 1.807) is 0 Å². The van der Waals surface area contributed by atoms with E-state index < -0.39 is 0 Å². The van der Waals surface area contributed by atoms with Crippen LogP contribution in [0.1, 0.15) is 40.0 Å². The molecule has 0 aliphatic heterocycles. The number of rotatable bonds is 8. The molecule has 0 aromatic heterocycles. The number of nitrogens with one attached hydrogen (secondary N) is 1. The van der Waals surface area contributed by atoms with Gasteiger partial charge in [0.15, 0.2) is 0 Å². The van der Waals surface area contributed by atoms with Gasteiger partial charge in [0, 0.05) is 18.7 Å². The van der Waals surface area contributed by atoms with Gasteiger partial charge in [0.1, 0.15) is 0 Å². The molecule has 0 saturated heterocycles. The van der Waals surface area contributed by atoms with Crippen molar-refractivity contribution in [1.29, 1.82) is 0 Å². The first-order chi connectivity index (χ1) is 7.22. The summed E-state index contributed by atoms with van der Waals surface area (Å²) < 4.78 is 11.0. The van der Waals surface area contributed by atoms with Crippen LogP contribution in [0.2, 0.25) is 0 Å². The highest BCUT2D eigenvalue weighted by molar-refractivity contribution is 4.86. The van der Waals surface area contributed by atoms with Gasteiger partial charge in [-0.25, -0.2) is 0 Å². The van der Waals surface area contributed by atoms with Crippen molar-refractivity contribution in [3.63, 3.8) is 0 Å². The van der Waals surface area contributed by atoms with Gasteiger partial charge in [0.25, 0.3) is 0 Å². The van der Waals surface area contributed by atoms with Crippen LogP contribution in [0.25, 0.3) is 0 Å². The smallest absolute Gasteiger partial charge is 0.0704 e. The van der Waals surface area contributed by atoms with Gasteiger partial charge in [-0.3, -0.25) is 0 Å². The van der Waals surface area contributed by atoms with Gasteiger partial charge in [-0.05, 0) is 19.3 Å². The Hall–Kier alpha value is -0.120. The Labute approximate surface area is 93.5 Å². The van der Waals surface area contributed by atoms with E-state index in [0.29, 0.717) is 18.2 Å². The van der Waals surface area contributed by atoms with Gasteiger partial charge in [0.05, 0.1) is 19.3 Å². The zero-order chi connectivity index (χ0) is 11.1. The lowest BCUT2D eigenvalue weighted by molar-refractivity contribution is -0.0428. The summed E-state index contributed by atoms with van der Waals surface area (Å²) in [6.45, 7) is 8.84. The van der Waals surface area contributed by atoms with Gasteiger partial charge in [-0.15, -0.1) is 0 Å². The first-order valence-corrected chi connectivity index (χ1v) is 6.17. The Kier molecular flexibility index (Phi) is 6.22. The Bertz CT molecular complexity index is 156. The predicted octanol–water partition coefficient (Wildman–Crippen LogP) is 1.96. The summed E-state index contributed by atoms with van der Waals surface area (Å²) in [6, 6.07) is 1.26. The van der Waals surface area contributed by atoms with Crippen molar-refractivity contribution in [2.75, 3.05) is 19.8 Å². The van der Waals surface area contributed by atoms with E-state index in [0.717, 1.165) is 39.1 Å². The third-order valence-corrected chi connectivity index (χ3v) is 2.59. The molecule has 1 rings (SSSR count). The molecular formula is C12H25NO2. The highest BCUT2D eigenvalue weighted by atomic mass is 16.5. The van der Waals surface area contributed by atoms with Crippen molar-refractivity contribution >= 4 is 0 Å². The zero-order valence-corrected chi connectivity index (χ0v) is 10.3. The van der Waals surface area contributed by atoms with Gasteiger partial charge < -0.3 is 14.8 Å².